The second-order valence-electron chi connectivity index (χ2n) is 5.53. The second kappa shape index (κ2) is 8.26. The molecule has 1 heterocycles. The minimum atomic E-state index is -0.242. The fraction of sp³-hybridized carbons (Fsp3) is 0.375. The minimum absolute atomic E-state index is 0.00759. The van der Waals surface area contributed by atoms with Crippen LogP contribution in [0.15, 0.2) is 24.8 Å². The van der Waals surface area contributed by atoms with E-state index < -0.39 is 0 Å². The number of anilines is 1. The molecule has 0 aromatic heterocycles. The highest BCUT2D eigenvalue weighted by Gasteiger charge is 2.24. The minimum Gasteiger partial charge on any atom is -0.506 e. The van der Waals surface area contributed by atoms with E-state index >= 15 is 0 Å². The Morgan fingerprint density at radius 2 is 2.08 bits per heavy atom. The number of nitrogens with zero attached hydrogens (tertiary/aromatic N) is 1. The van der Waals surface area contributed by atoms with Gasteiger partial charge in [-0.25, -0.2) is 0 Å². The van der Waals surface area contributed by atoms with Crippen molar-refractivity contribution < 1.29 is 14.7 Å². The molecule has 3 N–H and O–H groups in total. The van der Waals surface area contributed by atoms with E-state index in [1.54, 1.807) is 4.90 Å². The van der Waals surface area contributed by atoms with Crippen molar-refractivity contribution in [2.75, 3.05) is 25.0 Å². The number of piperidine rings is 1. The van der Waals surface area contributed by atoms with Gasteiger partial charge in [-0.2, -0.15) is 0 Å². The molecule has 0 radical (unpaired) electrons. The van der Waals surface area contributed by atoms with Crippen molar-refractivity contribution in [3.05, 3.63) is 34.8 Å². The van der Waals surface area contributed by atoms with Crippen LogP contribution in [-0.4, -0.2) is 47.5 Å². The van der Waals surface area contributed by atoms with Crippen molar-refractivity contribution in [2.45, 2.75) is 18.9 Å². The largest absolute Gasteiger partial charge is 0.506 e. The zero-order valence-corrected chi connectivity index (χ0v) is 14.5. The number of hydrogen-bond donors (Lipinski definition) is 3. The molecular formula is C16H19Cl2N3O3. The van der Waals surface area contributed by atoms with Gasteiger partial charge in [0.2, 0.25) is 11.8 Å². The lowest BCUT2D eigenvalue weighted by atomic mass is 10.1. The van der Waals surface area contributed by atoms with Gasteiger partial charge in [0, 0.05) is 25.2 Å². The van der Waals surface area contributed by atoms with E-state index in [0.29, 0.717) is 18.8 Å². The van der Waals surface area contributed by atoms with Crippen molar-refractivity contribution >= 4 is 40.7 Å². The highest BCUT2D eigenvalue weighted by atomic mass is 35.5. The van der Waals surface area contributed by atoms with Crippen molar-refractivity contribution in [2.24, 2.45) is 0 Å². The first-order valence-corrected chi connectivity index (χ1v) is 8.29. The first kappa shape index (κ1) is 18.4. The van der Waals surface area contributed by atoms with Crippen molar-refractivity contribution in [1.82, 2.24) is 10.2 Å². The summed E-state index contributed by atoms with van der Waals surface area (Å²) in [5.41, 5.74) is 0.339. The molecule has 1 saturated heterocycles. The third kappa shape index (κ3) is 4.79. The quantitative estimate of drug-likeness (QED) is 0.548. The third-order valence-corrected chi connectivity index (χ3v) is 4.50. The van der Waals surface area contributed by atoms with Gasteiger partial charge >= 0.3 is 0 Å². The molecule has 0 unspecified atom stereocenters. The number of carbonyl (C=O) groups excluding carboxylic acids is 2. The van der Waals surface area contributed by atoms with Gasteiger partial charge in [0.05, 0.1) is 22.3 Å². The predicted octanol–water partition coefficient (Wildman–Crippen LogP) is 2.40. The number of benzene rings is 1. The Morgan fingerprint density at radius 1 is 1.38 bits per heavy atom. The van der Waals surface area contributed by atoms with Gasteiger partial charge in [-0.15, -0.1) is 0 Å². The lowest BCUT2D eigenvalue weighted by Gasteiger charge is -2.33. The number of carbonyl (C=O) groups is 2. The number of nitrogens with one attached hydrogen (secondary N) is 2. The van der Waals surface area contributed by atoms with Crippen LogP contribution >= 0.6 is 23.2 Å². The number of likely N-dealkylation sites (tertiary alicyclic amines) is 1. The zero-order valence-electron chi connectivity index (χ0n) is 13.0. The smallest absolute Gasteiger partial charge is 0.243 e. The van der Waals surface area contributed by atoms with Crippen LogP contribution in [0, 0.1) is 0 Å². The molecule has 2 rings (SSSR count). The van der Waals surface area contributed by atoms with E-state index in [0.717, 1.165) is 12.8 Å². The normalized spacial score (nSPS) is 17.2. The van der Waals surface area contributed by atoms with Crippen molar-refractivity contribution in [1.29, 1.82) is 0 Å². The lowest BCUT2D eigenvalue weighted by Crippen LogP contribution is -2.50. The van der Waals surface area contributed by atoms with Crippen LogP contribution in [0.25, 0.3) is 0 Å². The molecule has 0 bridgehead atoms. The van der Waals surface area contributed by atoms with Crippen LogP contribution in [-0.2, 0) is 9.59 Å². The molecule has 1 aliphatic rings. The van der Waals surface area contributed by atoms with Crippen molar-refractivity contribution in [3.8, 4) is 5.75 Å². The summed E-state index contributed by atoms with van der Waals surface area (Å²) in [5, 5.41) is 16.0. The summed E-state index contributed by atoms with van der Waals surface area (Å²) in [4.78, 5) is 25.4. The number of hydrogen-bond acceptors (Lipinski definition) is 4. The standard InChI is InChI=1S/C16H19Cl2N3O3/c1-2-15(23)20-10-4-3-5-21(9-10)16(24)8-19-13-6-11(17)12(18)7-14(13)22/h2,6-7,10,19,22H,1,3-5,8-9H2,(H,20,23)/t10-/m0/s1. The molecular weight excluding hydrogens is 353 g/mol. The number of halogens is 2. The molecule has 130 valence electrons. The molecule has 24 heavy (non-hydrogen) atoms. The van der Waals surface area contributed by atoms with E-state index in [1.807, 2.05) is 0 Å². The summed E-state index contributed by atoms with van der Waals surface area (Å²) >= 11 is 11.7. The highest BCUT2D eigenvalue weighted by Crippen LogP contribution is 2.33. The van der Waals surface area contributed by atoms with Gasteiger partial charge in [-0.05, 0) is 25.0 Å². The number of phenolic OH excluding ortho intramolecular Hbond substituents is 1. The molecule has 1 fully saturated rings. The van der Waals surface area contributed by atoms with E-state index in [4.69, 9.17) is 23.2 Å². The molecule has 1 aromatic carbocycles. The topological polar surface area (TPSA) is 81.7 Å². The highest BCUT2D eigenvalue weighted by molar-refractivity contribution is 6.42. The molecule has 2 amide bonds. The van der Waals surface area contributed by atoms with E-state index in [1.165, 1.54) is 18.2 Å². The van der Waals surface area contributed by atoms with E-state index in [2.05, 4.69) is 17.2 Å². The SMILES string of the molecule is C=CC(=O)N[C@H]1CCCN(C(=O)CNc2cc(Cl)c(Cl)cc2O)C1. The third-order valence-electron chi connectivity index (χ3n) is 3.77. The molecule has 8 heteroatoms. The Kier molecular flexibility index (Phi) is 6.34. The number of phenols is 1. The zero-order chi connectivity index (χ0) is 17.7. The Balaban J connectivity index is 1.91. The second-order valence-corrected chi connectivity index (χ2v) is 6.34. The van der Waals surface area contributed by atoms with Crippen LogP contribution in [0.3, 0.4) is 0 Å². The van der Waals surface area contributed by atoms with Crippen molar-refractivity contribution in [3.63, 3.8) is 0 Å². The Hall–Kier alpha value is -1.92. The molecule has 1 atom stereocenters. The fourth-order valence-corrected chi connectivity index (χ4v) is 2.86. The summed E-state index contributed by atoms with van der Waals surface area (Å²) in [6.45, 7) is 4.51. The van der Waals surface area contributed by atoms with Crippen LogP contribution < -0.4 is 10.6 Å². The van der Waals surface area contributed by atoms with Crippen LogP contribution in [0.5, 0.6) is 5.75 Å². The number of amides is 2. The summed E-state index contributed by atoms with van der Waals surface area (Å²) in [7, 11) is 0. The van der Waals surface area contributed by atoms with Crippen LogP contribution in [0.4, 0.5) is 5.69 Å². The first-order valence-electron chi connectivity index (χ1n) is 7.53. The summed E-state index contributed by atoms with van der Waals surface area (Å²) in [5.74, 6) is -0.446. The lowest BCUT2D eigenvalue weighted by molar-refractivity contribution is -0.131. The van der Waals surface area contributed by atoms with Gasteiger partial charge in [0.25, 0.3) is 0 Å². The average molecular weight is 372 g/mol. The molecule has 6 nitrogen and oxygen atoms in total. The maximum atomic E-state index is 12.3. The Labute approximate surface area is 150 Å². The molecule has 0 spiro atoms. The van der Waals surface area contributed by atoms with Gasteiger partial charge in [0.15, 0.2) is 0 Å². The van der Waals surface area contributed by atoms with E-state index in [9.17, 15) is 14.7 Å². The summed E-state index contributed by atoms with van der Waals surface area (Å²) in [6.07, 6.45) is 2.85. The van der Waals surface area contributed by atoms with E-state index in [-0.39, 0.29) is 40.2 Å². The average Bonchev–Trinajstić information content (AvgIpc) is 2.56. The monoisotopic (exact) mass is 371 g/mol. The van der Waals surface area contributed by atoms with Gasteiger partial charge < -0.3 is 20.6 Å². The van der Waals surface area contributed by atoms with Crippen LogP contribution in [0.1, 0.15) is 12.8 Å². The number of rotatable bonds is 5. The fourth-order valence-electron chi connectivity index (χ4n) is 2.54. The van der Waals surface area contributed by atoms with Crippen LogP contribution in [0.2, 0.25) is 10.0 Å². The molecule has 0 aliphatic carbocycles. The Morgan fingerprint density at radius 3 is 2.79 bits per heavy atom. The van der Waals surface area contributed by atoms with Gasteiger partial charge in [-0.3, -0.25) is 9.59 Å². The predicted molar refractivity (Wildman–Crippen MR) is 94.6 cm³/mol. The summed E-state index contributed by atoms with van der Waals surface area (Å²) < 4.78 is 0. The first-order chi connectivity index (χ1) is 11.4. The van der Waals surface area contributed by atoms with Gasteiger partial charge in [0.1, 0.15) is 5.75 Å². The maximum absolute atomic E-state index is 12.3. The summed E-state index contributed by atoms with van der Waals surface area (Å²) in [6, 6.07) is 2.71. The maximum Gasteiger partial charge on any atom is 0.243 e. The Bertz CT molecular complexity index is 652. The number of aromatic hydroxyl groups is 1. The molecule has 0 saturated carbocycles. The molecule has 1 aliphatic heterocycles. The van der Waals surface area contributed by atoms with Gasteiger partial charge in [-0.1, -0.05) is 29.8 Å². The molecule has 1 aromatic rings.